The highest BCUT2D eigenvalue weighted by atomic mass is 19.1. The number of imidazole rings is 1. The van der Waals surface area contributed by atoms with Crippen LogP contribution in [0.5, 0.6) is 0 Å². The van der Waals surface area contributed by atoms with Crippen molar-refractivity contribution in [1.82, 2.24) is 20.2 Å². The van der Waals surface area contributed by atoms with Crippen molar-refractivity contribution in [3.05, 3.63) is 53.9 Å². The monoisotopic (exact) mass is 342 g/mol. The molecule has 2 amide bonds. The van der Waals surface area contributed by atoms with Crippen LogP contribution in [0.25, 0.3) is 0 Å². The molecule has 4 rings (SSSR count). The average Bonchev–Trinajstić information content (AvgIpc) is 3.12. The van der Waals surface area contributed by atoms with Gasteiger partial charge in [0.1, 0.15) is 11.6 Å². The molecule has 2 aliphatic rings. The van der Waals surface area contributed by atoms with Crippen LogP contribution in [-0.4, -0.2) is 33.5 Å². The highest BCUT2D eigenvalue weighted by molar-refractivity contribution is 5.75. The average molecular weight is 342 g/mol. The van der Waals surface area contributed by atoms with Gasteiger partial charge in [-0.3, -0.25) is 0 Å². The van der Waals surface area contributed by atoms with Gasteiger partial charge in [-0.05, 0) is 55.7 Å². The van der Waals surface area contributed by atoms with Crippen LogP contribution < -0.4 is 5.32 Å². The first-order valence-electron chi connectivity index (χ1n) is 9.02. The minimum Gasteiger partial charge on any atom is -0.347 e. The van der Waals surface area contributed by atoms with E-state index in [-0.39, 0.29) is 23.9 Å². The number of piperidine rings is 1. The fourth-order valence-electron chi connectivity index (χ4n) is 3.94. The zero-order valence-electron chi connectivity index (χ0n) is 14.1. The Bertz CT molecular complexity index is 727. The Hall–Kier alpha value is -2.37. The van der Waals surface area contributed by atoms with Gasteiger partial charge in [0.15, 0.2) is 0 Å². The molecule has 1 saturated heterocycles. The van der Waals surface area contributed by atoms with Crippen LogP contribution in [0.15, 0.2) is 36.7 Å². The van der Waals surface area contributed by atoms with Gasteiger partial charge in [-0.2, -0.15) is 0 Å². The predicted molar refractivity (Wildman–Crippen MR) is 92.6 cm³/mol. The number of aromatic nitrogens is 2. The third-order valence-corrected chi connectivity index (χ3v) is 5.38. The summed E-state index contributed by atoms with van der Waals surface area (Å²) in [5.74, 6) is 1.00. The lowest BCUT2D eigenvalue weighted by Gasteiger charge is -2.40. The highest BCUT2D eigenvalue weighted by Gasteiger charge is 2.35. The van der Waals surface area contributed by atoms with E-state index in [4.69, 9.17) is 0 Å². The second-order valence-electron chi connectivity index (χ2n) is 7.05. The van der Waals surface area contributed by atoms with E-state index in [1.807, 2.05) is 11.0 Å². The number of benzene rings is 1. The molecule has 6 heteroatoms. The summed E-state index contributed by atoms with van der Waals surface area (Å²) >= 11 is 0. The van der Waals surface area contributed by atoms with Crippen molar-refractivity contribution < 1.29 is 9.18 Å². The van der Waals surface area contributed by atoms with Crippen molar-refractivity contribution in [2.75, 3.05) is 6.54 Å². The van der Waals surface area contributed by atoms with Gasteiger partial charge in [0.25, 0.3) is 0 Å². The fourth-order valence-corrected chi connectivity index (χ4v) is 3.94. The maximum Gasteiger partial charge on any atom is 0.318 e. The Morgan fingerprint density at radius 3 is 2.96 bits per heavy atom. The molecule has 0 unspecified atom stereocenters. The quantitative estimate of drug-likeness (QED) is 0.893. The van der Waals surface area contributed by atoms with Crippen LogP contribution in [0.4, 0.5) is 9.18 Å². The zero-order valence-corrected chi connectivity index (χ0v) is 14.1. The number of carbonyl (C=O) groups is 1. The van der Waals surface area contributed by atoms with E-state index in [9.17, 15) is 9.18 Å². The molecule has 132 valence electrons. The van der Waals surface area contributed by atoms with Crippen LogP contribution in [0.3, 0.4) is 0 Å². The van der Waals surface area contributed by atoms with Gasteiger partial charge < -0.3 is 15.2 Å². The van der Waals surface area contributed by atoms with Gasteiger partial charge in [0.2, 0.25) is 0 Å². The molecule has 5 nitrogen and oxygen atoms in total. The van der Waals surface area contributed by atoms with E-state index in [0.717, 1.165) is 50.0 Å². The SMILES string of the molecule is O=C(NC1CC(c2cccc(F)c2)C1)N1CCCC[C@H]1c1ncc[nH]1. The standard InChI is InChI=1S/C19H23FN4O/c20-15-5-3-4-13(10-15)14-11-16(12-14)23-19(25)24-9-2-1-6-17(24)18-21-7-8-22-18/h3-5,7-8,10,14,16-17H,1-2,6,9,11-12H2,(H,21,22)(H,23,25)/t14?,16?,17-/m0/s1. The van der Waals surface area contributed by atoms with E-state index >= 15 is 0 Å². The number of urea groups is 1. The van der Waals surface area contributed by atoms with Crippen molar-refractivity contribution in [3.8, 4) is 0 Å². The molecule has 2 fully saturated rings. The molecular formula is C19H23FN4O. The molecule has 2 heterocycles. The van der Waals surface area contributed by atoms with E-state index < -0.39 is 0 Å². The van der Waals surface area contributed by atoms with Crippen LogP contribution in [0, 0.1) is 5.82 Å². The lowest BCUT2D eigenvalue weighted by Crippen LogP contribution is -2.51. The van der Waals surface area contributed by atoms with Gasteiger partial charge in [0.05, 0.1) is 6.04 Å². The topological polar surface area (TPSA) is 61.0 Å². The number of halogens is 1. The van der Waals surface area contributed by atoms with E-state index in [1.54, 1.807) is 24.5 Å². The summed E-state index contributed by atoms with van der Waals surface area (Å²) in [7, 11) is 0. The maximum atomic E-state index is 13.3. The van der Waals surface area contributed by atoms with Gasteiger partial charge in [-0.15, -0.1) is 0 Å². The maximum absolute atomic E-state index is 13.3. The van der Waals surface area contributed by atoms with Crippen molar-refractivity contribution in [1.29, 1.82) is 0 Å². The summed E-state index contributed by atoms with van der Waals surface area (Å²) in [6.45, 7) is 0.761. The van der Waals surface area contributed by atoms with Crippen LogP contribution in [-0.2, 0) is 0 Å². The smallest absolute Gasteiger partial charge is 0.318 e. The van der Waals surface area contributed by atoms with E-state index in [0.29, 0.717) is 5.92 Å². The number of nitrogens with zero attached hydrogens (tertiary/aromatic N) is 2. The summed E-state index contributed by atoms with van der Waals surface area (Å²) in [4.78, 5) is 22.1. The molecule has 0 radical (unpaired) electrons. The number of H-pyrrole nitrogens is 1. The Balaban J connectivity index is 1.34. The minimum absolute atomic E-state index is 0.0104. The van der Waals surface area contributed by atoms with Gasteiger partial charge in [0, 0.05) is 25.0 Å². The summed E-state index contributed by atoms with van der Waals surface area (Å²) in [5, 5.41) is 3.14. The Kier molecular flexibility index (Phi) is 4.42. The van der Waals surface area contributed by atoms with E-state index in [2.05, 4.69) is 15.3 Å². The van der Waals surface area contributed by atoms with Crippen LogP contribution >= 0.6 is 0 Å². The third kappa shape index (κ3) is 3.38. The molecule has 1 aromatic heterocycles. The number of hydrogen-bond acceptors (Lipinski definition) is 2. The molecule has 1 aliphatic carbocycles. The van der Waals surface area contributed by atoms with E-state index in [1.165, 1.54) is 6.07 Å². The van der Waals surface area contributed by atoms with Crippen molar-refractivity contribution in [2.45, 2.75) is 50.1 Å². The lowest BCUT2D eigenvalue weighted by molar-refractivity contribution is 0.138. The number of rotatable bonds is 3. The number of nitrogens with one attached hydrogen (secondary N) is 2. The number of likely N-dealkylation sites (tertiary alicyclic amines) is 1. The number of amides is 2. The largest absolute Gasteiger partial charge is 0.347 e. The normalized spacial score (nSPS) is 26.1. The second-order valence-corrected chi connectivity index (χ2v) is 7.05. The Morgan fingerprint density at radius 1 is 1.32 bits per heavy atom. The predicted octanol–water partition coefficient (Wildman–Crippen LogP) is 3.73. The molecule has 0 bridgehead atoms. The summed E-state index contributed by atoms with van der Waals surface area (Å²) < 4.78 is 13.3. The van der Waals surface area contributed by atoms with Crippen molar-refractivity contribution in [2.24, 2.45) is 0 Å². The first-order valence-corrected chi connectivity index (χ1v) is 9.02. The highest BCUT2D eigenvalue weighted by Crippen LogP contribution is 2.37. The Labute approximate surface area is 146 Å². The summed E-state index contributed by atoms with van der Waals surface area (Å²) in [6, 6.07) is 6.96. The number of aromatic amines is 1. The molecule has 25 heavy (non-hydrogen) atoms. The summed E-state index contributed by atoms with van der Waals surface area (Å²) in [5.41, 5.74) is 1.02. The zero-order chi connectivity index (χ0) is 17.2. The van der Waals surface area contributed by atoms with Gasteiger partial charge in [-0.25, -0.2) is 14.2 Å². The van der Waals surface area contributed by atoms with Gasteiger partial charge >= 0.3 is 6.03 Å². The molecule has 2 N–H and O–H groups in total. The first-order chi connectivity index (χ1) is 12.2. The fraction of sp³-hybridized carbons (Fsp3) is 0.474. The molecular weight excluding hydrogens is 319 g/mol. The number of carbonyl (C=O) groups excluding carboxylic acids is 1. The molecule has 0 spiro atoms. The van der Waals surface area contributed by atoms with Crippen molar-refractivity contribution >= 4 is 6.03 Å². The first kappa shape index (κ1) is 16.1. The molecule has 1 saturated carbocycles. The molecule has 1 atom stereocenters. The van der Waals surface area contributed by atoms with Crippen LogP contribution in [0.1, 0.15) is 55.5 Å². The van der Waals surface area contributed by atoms with Crippen LogP contribution in [0.2, 0.25) is 0 Å². The van der Waals surface area contributed by atoms with Gasteiger partial charge in [-0.1, -0.05) is 12.1 Å². The van der Waals surface area contributed by atoms with Crippen molar-refractivity contribution in [3.63, 3.8) is 0 Å². The summed E-state index contributed by atoms with van der Waals surface area (Å²) in [6.07, 6.45) is 8.35. The molecule has 2 aromatic rings. The Morgan fingerprint density at radius 2 is 2.20 bits per heavy atom. The second kappa shape index (κ2) is 6.86. The number of hydrogen-bond donors (Lipinski definition) is 2. The lowest BCUT2D eigenvalue weighted by atomic mass is 9.76. The molecule has 1 aromatic carbocycles. The minimum atomic E-state index is -0.195. The third-order valence-electron chi connectivity index (χ3n) is 5.38. The molecule has 1 aliphatic heterocycles.